The molecular formula is C27H25N5O4. The summed E-state index contributed by atoms with van der Waals surface area (Å²) in [5.74, 6) is 1.11. The van der Waals surface area contributed by atoms with E-state index in [4.69, 9.17) is 9.15 Å². The molecule has 0 aliphatic heterocycles. The minimum Gasteiger partial charge on any atom is -0.493 e. The molecule has 1 amide bonds. The number of hydrogen-bond donors (Lipinski definition) is 2. The Kier molecular flexibility index (Phi) is 6.12. The van der Waals surface area contributed by atoms with E-state index in [-0.39, 0.29) is 23.3 Å². The third kappa shape index (κ3) is 4.38. The van der Waals surface area contributed by atoms with E-state index in [1.165, 1.54) is 17.0 Å². The fourth-order valence-corrected chi connectivity index (χ4v) is 3.98. The Morgan fingerprint density at radius 1 is 1.14 bits per heavy atom. The number of hydrogen-bond acceptors (Lipinski definition) is 6. The number of rotatable bonds is 7. The first kappa shape index (κ1) is 23.1. The Hall–Kier alpha value is -4.66. The normalized spacial score (nSPS) is 11.2. The molecule has 0 spiro atoms. The topological polar surface area (TPSA) is 115 Å². The van der Waals surface area contributed by atoms with Crippen LogP contribution >= 0.6 is 0 Å². The summed E-state index contributed by atoms with van der Waals surface area (Å²) in [5, 5.41) is 9.19. The first-order chi connectivity index (χ1) is 17.4. The summed E-state index contributed by atoms with van der Waals surface area (Å²) in [7, 11) is 0. The summed E-state index contributed by atoms with van der Waals surface area (Å²) < 4.78 is 12.7. The number of aromatic nitrogens is 4. The molecule has 0 aliphatic rings. The maximum atomic E-state index is 13.7. The Labute approximate surface area is 206 Å². The van der Waals surface area contributed by atoms with Crippen LogP contribution in [0.1, 0.15) is 42.7 Å². The summed E-state index contributed by atoms with van der Waals surface area (Å²) in [4.78, 5) is 33.4. The molecule has 0 saturated carbocycles. The zero-order valence-corrected chi connectivity index (χ0v) is 20.1. The van der Waals surface area contributed by atoms with E-state index in [1.807, 2.05) is 51.1 Å². The maximum Gasteiger partial charge on any atom is 0.261 e. The molecule has 0 fully saturated rings. The Morgan fingerprint density at radius 3 is 2.72 bits per heavy atom. The second-order valence-corrected chi connectivity index (χ2v) is 8.50. The van der Waals surface area contributed by atoms with Crippen molar-refractivity contribution in [2.24, 2.45) is 0 Å². The summed E-state index contributed by atoms with van der Waals surface area (Å²) in [6, 6.07) is 17.9. The number of anilines is 1. The number of furan rings is 1. The SMILES string of the molecule is CCOc1ccc2ccccc2c1C(=O)Nc1cc(-c2ccco2)nn1-c1nc(C(C)C)cc(=O)[nH]1. The van der Waals surface area contributed by atoms with Crippen LogP contribution in [0.2, 0.25) is 0 Å². The average Bonchev–Trinajstić information content (AvgIpc) is 3.54. The molecule has 5 rings (SSSR count). The number of aromatic amines is 1. The van der Waals surface area contributed by atoms with Crippen molar-refractivity contribution in [1.82, 2.24) is 19.7 Å². The monoisotopic (exact) mass is 483 g/mol. The van der Waals surface area contributed by atoms with Crippen molar-refractivity contribution in [3.8, 4) is 23.2 Å². The van der Waals surface area contributed by atoms with Crippen molar-refractivity contribution in [3.05, 3.63) is 88.5 Å². The third-order valence-electron chi connectivity index (χ3n) is 5.68. The van der Waals surface area contributed by atoms with Gasteiger partial charge in [-0.15, -0.1) is 0 Å². The lowest BCUT2D eigenvalue weighted by molar-refractivity contribution is 0.102. The second kappa shape index (κ2) is 9.53. The quantitative estimate of drug-likeness (QED) is 0.331. The molecular weight excluding hydrogens is 458 g/mol. The van der Waals surface area contributed by atoms with Crippen LogP contribution in [0.5, 0.6) is 5.75 Å². The highest BCUT2D eigenvalue weighted by molar-refractivity contribution is 6.15. The zero-order chi connectivity index (χ0) is 25.2. The van der Waals surface area contributed by atoms with Crippen LogP contribution in [-0.2, 0) is 0 Å². The van der Waals surface area contributed by atoms with Gasteiger partial charge in [0.2, 0.25) is 5.95 Å². The zero-order valence-electron chi connectivity index (χ0n) is 20.1. The molecule has 3 aromatic heterocycles. The predicted molar refractivity (Wildman–Crippen MR) is 137 cm³/mol. The smallest absolute Gasteiger partial charge is 0.261 e. The van der Waals surface area contributed by atoms with Crippen LogP contribution in [-0.4, -0.2) is 32.3 Å². The van der Waals surface area contributed by atoms with E-state index in [1.54, 1.807) is 24.3 Å². The summed E-state index contributed by atoms with van der Waals surface area (Å²) >= 11 is 0. The van der Waals surface area contributed by atoms with Crippen molar-refractivity contribution < 1.29 is 13.9 Å². The number of ether oxygens (including phenoxy) is 1. The van der Waals surface area contributed by atoms with Gasteiger partial charge in [0, 0.05) is 12.1 Å². The number of H-pyrrole nitrogens is 1. The molecule has 2 N–H and O–H groups in total. The van der Waals surface area contributed by atoms with Gasteiger partial charge in [-0.05, 0) is 41.8 Å². The van der Waals surface area contributed by atoms with Crippen molar-refractivity contribution in [2.45, 2.75) is 26.7 Å². The minimum atomic E-state index is -0.384. The van der Waals surface area contributed by atoms with Crippen LogP contribution in [0.3, 0.4) is 0 Å². The van der Waals surface area contributed by atoms with Crippen molar-refractivity contribution in [1.29, 1.82) is 0 Å². The average molecular weight is 484 g/mol. The second-order valence-electron chi connectivity index (χ2n) is 8.50. The lowest BCUT2D eigenvalue weighted by Crippen LogP contribution is -2.20. The van der Waals surface area contributed by atoms with Crippen LogP contribution in [0, 0.1) is 0 Å². The molecule has 0 unspecified atom stereocenters. The summed E-state index contributed by atoms with van der Waals surface area (Å²) in [6.07, 6.45) is 1.54. The molecule has 5 aromatic rings. The number of nitrogens with zero attached hydrogens (tertiary/aromatic N) is 3. The highest BCUT2D eigenvalue weighted by Gasteiger charge is 2.22. The van der Waals surface area contributed by atoms with Gasteiger partial charge in [-0.25, -0.2) is 4.98 Å². The molecule has 0 aliphatic carbocycles. The van der Waals surface area contributed by atoms with E-state index < -0.39 is 0 Å². The van der Waals surface area contributed by atoms with Crippen LogP contribution in [0.4, 0.5) is 5.82 Å². The van der Waals surface area contributed by atoms with Crippen LogP contribution < -0.4 is 15.6 Å². The van der Waals surface area contributed by atoms with Gasteiger partial charge in [0.15, 0.2) is 5.76 Å². The van der Waals surface area contributed by atoms with Crippen molar-refractivity contribution in [3.63, 3.8) is 0 Å². The number of benzene rings is 2. The molecule has 0 radical (unpaired) electrons. The fraction of sp³-hybridized carbons (Fsp3) is 0.185. The van der Waals surface area contributed by atoms with Gasteiger partial charge < -0.3 is 14.5 Å². The van der Waals surface area contributed by atoms with Gasteiger partial charge in [0.25, 0.3) is 11.5 Å². The van der Waals surface area contributed by atoms with Crippen LogP contribution in [0.25, 0.3) is 28.2 Å². The van der Waals surface area contributed by atoms with Gasteiger partial charge in [0.1, 0.15) is 17.3 Å². The minimum absolute atomic E-state index is 0.0219. The maximum absolute atomic E-state index is 13.7. The van der Waals surface area contributed by atoms with Gasteiger partial charge in [0.05, 0.1) is 24.1 Å². The Balaban J connectivity index is 1.64. The molecule has 36 heavy (non-hydrogen) atoms. The molecule has 0 saturated heterocycles. The van der Waals surface area contributed by atoms with Gasteiger partial charge >= 0.3 is 0 Å². The number of fused-ring (bicyclic) bond motifs is 1. The Bertz CT molecular complexity index is 1600. The first-order valence-corrected chi connectivity index (χ1v) is 11.7. The van der Waals surface area contributed by atoms with E-state index in [9.17, 15) is 9.59 Å². The number of carbonyl (C=O) groups is 1. The standard InChI is InChI=1S/C27H25N5O4/c1-4-35-22-12-11-17-8-5-6-9-18(17)25(22)26(34)29-23-14-20(21-10-7-13-36-21)31-32(23)27-28-19(16(2)3)15-24(33)30-27/h5-16H,4H2,1-3H3,(H,29,34)(H,28,30,33). The van der Waals surface area contributed by atoms with E-state index in [2.05, 4.69) is 20.4 Å². The van der Waals surface area contributed by atoms with Crippen molar-refractivity contribution in [2.75, 3.05) is 11.9 Å². The lowest BCUT2D eigenvalue weighted by atomic mass is 10.0. The summed E-state index contributed by atoms with van der Waals surface area (Å²) in [5.41, 5.74) is 1.16. The molecule has 182 valence electrons. The van der Waals surface area contributed by atoms with Crippen LogP contribution in [0.15, 0.2) is 76.1 Å². The van der Waals surface area contributed by atoms with Gasteiger partial charge in [-0.2, -0.15) is 9.78 Å². The van der Waals surface area contributed by atoms with Crippen molar-refractivity contribution >= 4 is 22.5 Å². The molecule has 9 nitrogen and oxygen atoms in total. The molecule has 0 atom stereocenters. The predicted octanol–water partition coefficient (Wildman–Crippen LogP) is 5.14. The fourth-order valence-electron chi connectivity index (χ4n) is 3.98. The molecule has 3 heterocycles. The third-order valence-corrected chi connectivity index (χ3v) is 5.68. The van der Waals surface area contributed by atoms with Gasteiger partial charge in [-0.3, -0.25) is 14.6 Å². The lowest BCUT2D eigenvalue weighted by Gasteiger charge is -2.14. The Morgan fingerprint density at radius 2 is 1.97 bits per heavy atom. The number of amides is 1. The van der Waals surface area contributed by atoms with E-state index >= 15 is 0 Å². The first-order valence-electron chi connectivity index (χ1n) is 11.7. The van der Waals surface area contributed by atoms with E-state index in [0.29, 0.717) is 40.9 Å². The summed E-state index contributed by atoms with van der Waals surface area (Å²) in [6.45, 7) is 6.17. The largest absolute Gasteiger partial charge is 0.493 e. The van der Waals surface area contributed by atoms with Gasteiger partial charge in [-0.1, -0.05) is 44.2 Å². The van der Waals surface area contributed by atoms with E-state index in [0.717, 1.165) is 10.8 Å². The number of carbonyl (C=O) groups excluding carboxylic acids is 1. The molecule has 2 aromatic carbocycles. The highest BCUT2D eigenvalue weighted by atomic mass is 16.5. The molecule has 0 bridgehead atoms. The number of nitrogens with one attached hydrogen (secondary N) is 2. The molecule has 9 heteroatoms. The highest BCUT2D eigenvalue weighted by Crippen LogP contribution is 2.30.